The fourth-order valence-corrected chi connectivity index (χ4v) is 1.51. The standard InChI is InChI=1S/C13H17N3O4/c1-3-7-14-12(17)9(2)15-13(18)10-5-4-6-11(8-10)16(19)20/h4-6,8-9H,3,7H2,1-2H3,(H,14,17)(H,15,18). The van der Waals surface area contributed by atoms with Crippen molar-refractivity contribution < 1.29 is 14.5 Å². The van der Waals surface area contributed by atoms with Gasteiger partial charge in [-0.05, 0) is 19.4 Å². The van der Waals surface area contributed by atoms with E-state index in [1.54, 1.807) is 6.92 Å². The van der Waals surface area contributed by atoms with Crippen molar-refractivity contribution >= 4 is 17.5 Å². The van der Waals surface area contributed by atoms with Gasteiger partial charge in [0.25, 0.3) is 11.6 Å². The number of nitrogens with zero attached hydrogens (tertiary/aromatic N) is 1. The van der Waals surface area contributed by atoms with Gasteiger partial charge in [0.2, 0.25) is 5.91 Å². The van der Waals surface area contributed by atoms with E-state index in [2.05, 4.69) is 10.6 Å². The molecule has 1 rings (SSSR count). The van der Waals surface area contributed by atoms with Crippen molar-refractivity contribution in [3.8, 4) is 0 Å². The summed E-state index contributed by atoms with van der Waals surface area (Å²) >= 11 is 0. The Hall–Kier alpha value is -2.44. The third-order valence-electron chi connectivity index (χ3n) is 2.61. The highest BCUT2D eigenvalue weighted by Gasteiger charge is 2.17. The molecule has 0 saturated carbocycles. The first kappa shape index (κ1) is 15.6. The lowest BCUT2D eigenvalue weighted by Gasteiger charge is -2.13. The van der Waals surface area contributed by atoms with Gasteiger partial charge in [-0.15, -0.1) is 0 Å². The van der Waals surface area contributed by atoms with Gasteiger partial charge in [0.15, 0.2) is 0 Å². The predicted molar refractivity (Wildman–Crippen MR) is 73.3 cm³/mol. The van der Waals surface area contributed by atoms with Crippen LogP contribution in [-0.4, -0.2) is 29.3 Å². The molecule has 0 fully saturated rings. The zero-order valence-corrected chi connectivity index (χ0v) is 11.4. The molecule has 0 aromatic heterocycles. The second-order valence-electron chi connectivity index (χ2n) is 4.29. The molecule has 0 aliphatic carbocycles. The Morgan fingerprint density at radius 3 is 2.70 bits per heavy atom. The maximum atomic E-state index is 11.9. The first-order valence-electron chi connectivity index (χ1n) is 6.28. The summed E-state index contributed by atoms with van der Waals surface area (Å²) < 4.78 is 0. The van der Waals surface area contributed by atoms with Gasteiger partial charge >= 0.3 is 0 Å². The lowest BCUT2D eigenvalue weighted by molar-refractivity contribution is -0.384. The Bertz CT molecular complexity index is 516. The molecule has 0 spiro atoms. The van der Waals surface area contributed by atoms with E-state index in [1.165, 1.54) is 24.3 Å². The maximum Gasteiger partial charge on any atom is 0.270 e. The van der Waals surface area contributed by atoms with E-state index >= 15 is 0 Å². The minimum Gasteiger partial charge on any atom is -0.354 e. The average molecular weight is 279 g/mol. The molecule has 0 aliphatic rings. The number of hydrogen-bond acceptors (Lipinski definition) is 4. The van der Waals surface area contributed by atoms with Crippen LogP contribution in [0, 0.1) is 10.1 Å². The van der Waals surface area contributed by atoms with Gasteiger partial charge in [0, 0.05) is 24.2 Å². The molecule has 0 heterocycles. The van der Waals surface area contributed by atoms with Gasteiger partial charge in [-0.3, -0.25) is 19.7 Å². The molecule has 0 radical (unpaired) electrons. The van der Waals surface area contributed by atoms with Gasteiger partial charge in [0.05, 0.1) is 4.92 Å². The third kappa shape index (κ3) is 4.34. The lowest BCUT2D eigenvalue weighted by atomic mass is 10.1. The van der Waals surface area contributed by atoms with Gasteiger partial charge in [-0.1, -0.05) is 13.0 Å². The van der Waals surface area contributed by atoms with E-state index in [9.17, 15) is 19.7 Å². The Morgan fingerprint density at radius 2 is 2.10 bits per heavy atom. The fourth-order valence-electron chi connectivity index (χ4n) is 1.51. The number of nitro benzene ring substituents is 1. The van der Waals surface area contributed by atoms with E-state index < -0.39 is 16.9 Å². The van der Waals surface area contributed by atoms with Crippen molar-refractivity contribution in [2.75, 3.05) is 6.54 Å². The quantitative estimate of drug-likeness (QED) is 0.604. The molecular formula is C13H17N3O4. The highest BCUT2D eigenvalue weighted by atomic mass is 16.6. The van der Waals surface area contributed by atoms with Crippen molar-refractivity contribution in [2.24, 2.45) is 0 Å². The predicted octanol–water partition coefficient (Wildman–Crippen LogP) is 1.24. The maximum absolute atomic E-state index is 11.9. The second kappa shape index (κ2) is 7.22. The summed E-state index contributed by atoms with van der Waals surface area (Å²) in [5.74, 6) is -0.807. The van der Waals surface area contributed by atoms with Crippen LogP contribution in [0.2, 0.25) is 0 Å². The molecule has 108 valence electrons. The van der Waals surface area contributed by atoms with Crippen molar-refractivity contribution in [3.63, 3.8) is 0 Å². The minimum atomic E-state index is -0.701. The van der Waals surface area contributed by atoms with Crippen molar-refractivity contribution in [1.29, 1.82) is 0 Å². The highest BCUT2D eigenvalue weighted by molar-refractivity contribution is 5.97. The first-order valence-corrected chi connectivity index (χ1v) is 6.28. The summed E-state index contributed by atoms with van der Waals surface area (Å²) in [7, 11) is 0. The largest absolute Gasteiger partial charge is 0.354 e. The van der Waals surface area contributed by atoms with Crippen LogP contribution in [0.15, 0.2) is 24.3 Å². The lowest BCUT2D eigenvalue weighted by Crippen LogP contribution is -2.45. The van der Waals surface area contributed by atoms with Crippen LogP contribution in [0.4, 0.5) is 5.69 Å². The zero-order valence-electron chi connectivity index (χ0n) is 11.4. The van der Waals surface area contributed by atoms with Crippen LogP contribution in [0.5, 0.6) is 0 Å². The average Bonchev–Trinajstić information content (AvgIpc) is 2.44. The smallest absolute Gasteiger partial charge is 0.270 e. The number of nitro groups is 1. The molecule has 2 amide bonds. The normalized spacial score (nSPS) is 11.5. The Balaban J connectivity index is 2.69. The fraction of sp³-hybridized carbons (Fsp3) is 0.385. The van der Waals surface area contributed by atoms with Crippen LogP contribution in [0.1, 0.15) is 30.6 Å². The Kier molecular flexibility index (Phi) is 5.64. The summed E-state index contributed by atoms with van der Waals surface area (Å²) in [6.07, 6.45) is 0.803. The number of amides is 2. The number of hydrogen-bond donors (Lipinski definition) is 2. The van der Waals surface area contributed by atoms with Gasteiger partial charge in [-0.25, -0.2) is 0 Å². The first-order chi connectivity index (χ1) is 9.45. The Labute approximate surface area is 116 Å². The molecule has 0 aliphatic heterocycles. The van der Waals surface area contributed by atoms with Crippen molar-refractivity contribution in [2.45, 2.75) is 26.3 Å². The molecule has 1 atom stereocenters. The topological polar surface area (TPSA) is 101 Å². The van der Waals surface area contributed by atoms with E-state index in [0.717, 1.165) is 6.42 Å². The van der Waals surface area contributed by atoms with E-state index in [4.69, 9.17) is 0 Å². The van der Waals surface area contributed by atoms with Crippen LogP contribution >= 0.6 is 0 Å². The number of non-ortho nitro benzene ring substituents is 1. The highest BCUT2D eigenvalue weighted by Crippen LogP contribution is 2.12. The molecular weight excluding hydrogens is 262 g/mol. The van der Waals surface area contributed by atoms with Crippen LogP contribution in [0.3, 0.4) is 0 Å². The van der Waals surface area contributed by atoms with Gasteiger partial charge < -0.3 is 10.6 Å². The van der Waals surface area contributed by atoms with E-state index in [0.29, 0.717) is 6.54 Å². The molecule has 7 nitrogen and oxygen atoms in total. The molecule has 1 aromatic carbocycles. The monoisotopic (exact) mass is 279 g/mol. The van der Waals surface area contributed by atoms with E-state index in [-0.39, 0.29) is 17.2 Å². The van der Waals surface area contributed by atoms with Crippen LogP contribution in [0.25, 0.3) is 0 Å². The molecule has 2 N–H and O–H groups in total. The summed E-state index contributed by atoms with van der Waals surface area (Å²) in [6, 6.07) is 4.65. The number of benzene rings is 1. The number of nitrogens with one attached hydrogen (secondary N) is 2. The SMILES string of the molecule is CCCNC(=O)C(C)NC(=O)c1cccc([N+](=O)[O-])c1. The molecule has 7 heteroatoms. The number of carbonyl (C=O) groups is 2. The number of carbonyl (C=O) groups excluding carboxylic acids is 2. The second-order valence-corrected chi connectivity index (χ2v) is 4.29. The molecule has 0 saturated heterocycles. The molecule has 1 unspecified atom stereocenters. The molecule has 1 aromatic rings. The summed E-state index contributed by atoms with van der Waals surface area (Å²) in [4.78, 5) is 33.6. The van der Waals surface area contributed by atoms with Crippen molar-refractivity contribution in [3.05, 3.63) is 39.9 Å². The van der Waals surface area contributed by atoms with Gasteiger partial charge in [0.1, 0.15) is 6.04 Å². The minimum absolute atomic E-state index is 0.148. The van der Waals surface area contributed by atoms with Crippen LogP contribution < -0.4 is 10.6 Å². The number of rotatable bonds is 6. The van der Waals surface area contributed by atoms with Crippen molar-refractivity contribution in [1.82, 2.24) is 10.6 Å². The summed E-state index contributed by atoms with van der Waals surface area (Å²) in [5.41, 5.74) is -0.0184. The summed E-state index contributed by atoms with van der Waals surface area (Å²) in [6.45, 7) is 4.02. The third-order valence-corrected chi connectivity index (χ3v) is 2.61. The van der Waals surface area contributed by atoms with Gasteiger partial charge in [-0.2, -0.15) is 0 Å². The van der Waals surface area contributed by atoms with Crippen LogP contribution in [-0.2, 0) is 4.79 Å². The molecule has 20 heavy (non-hydrogen) atoms. The Morgan fingerprint density at radius 1 is 1.40 bits per heavy atom. The van der Waals surface area contributed by atoms with E-state index in [1.807, 2.05) is 6.92 Å². The molecule has 0 bridgehead atoms. The summed E-state index contributed by atoms with van der Waals surface area (Å²) in [5, 5.41) is 15.8. The zero-order chi connectivity index (χ0) is 15.1.